The van der Waals surface area contributed by atoms with Gasteiger partial charge in [0.05, 0.1) is 12.8 Å². The number of urea groups is 1. The second kappa shape index (κ2) is 8.41. The van der Waals surface area contributed by atoms with E-state index in [1.807, 2.05) is 6.07 Å². The minimum Gasteiger partial charge on any atom is -0.467 e. The van der Waals surface area contributed by atoms with Crippen molar-refractivity contribution in [1.82, 2.24) is 16.0 Å². The third-order valence-electron chi connectivity index (χ3n) is 5.44. The largest absolute Gasteiger partial charge is 0.467 e. The van der Waals surface area contributed by atoms with E-state index in [9.17, 15) is 9.59 Å². The Kier molecular flexibility index (Phi) is 6.00. The van der Waals surface area contributed by atoms with Gasteiger partial charge in [-0.3, -0.25) is 4.79 Å². The number of furan rings is 1. The highest BCUT2D eigenvalue weighted by Crippen LogP contribution is 2.29. The third kappa shape index (κ3) is 4.77. The molecule has 0 aromatic carbocycles. The number of rotatable bonds is 5. The third-order valence-corrected chi connectivity index (χ3v) is 5.44. The van der Waals surface area contributed by atoms with Crippen LogP contribution in [0.1, 0.15) is 70.0 Å². The maximum Gasteiger partial charge on any atom is 0.315 e. The molecule has 6 nitrogen and oxygen atoms in total. The Morgan fingerprint density at radius 2 is 1.80 bits per heavy atom. The molecule has 0 unspecified atom stereocenters. The van der Waals surface area contributed by atoms with E-state index in [0.717, 1.165) is 32.1 Å². The number of carbonyl (C=O) groups is 2. The zero-order chi connectivity index (χ0) is 17.5. The van der Waals surface area contributed by atoms with Gasteiger partial charge in [-0.25, -0.2) is 4.79 Å². The molecule has 3 amide bonds. The fraction of sp³-hybridized carbons (Fsp3) is 0.684. The molecule has 2 saturated carbocycles. The lowest BCUT2D eigenvalue weighted by Gasteiger charge is -2.37. The van der Waals surface area contributed by atoms with Gasteiger partial charge in [0.25, 0.3) is 0 Å². The van der Waals surface area contributed by atoms with Gasteiger partial charge >= 0.3 is 6.03 Å². The Morgan fingerprint density at radius 1 is 1.08 bits per heavy atom. The summed E-state index contributed by atoms with van der Waals surface area (Å²) in [5, 5.41) is 9.01. The summed E-state index contributed by atoms with van der Waals surface area (Å²) in [4.78, 5) is 25.3. The lowest BCUT2D eigenvalue weighted by Crippen LogP contribution is -2.62. The summed E-state index contributed by atoms with van der Waals surface area (Å²) in [6.45, 7) is 0.347. The molecule has 0 spiro atoms. The van der Waals surface area contributed by atoms with Crippen molar-refractivity contribution in [1.29, 1.82) is 0 Å². The summed E-state index contributed by atoms with van der Waals surface area (Å²) in [5.41, 5.74) is -0.802. The lowest BCUT2D eigenvalue weighted by molar-refractivity contribution is -0.128. The van der Waals surface area contributed by atoms with Crippen LogP contribution in [0.5, 0.6) is 0 Å². The average molecular weight is 347 g/mol. The average Bonchev–Trinajstić information content (AvgIpc) is 3.14. The van der Waals surface area contributed by atoms with E-state index in [2.05, 4.69) is 16.0 Å². The number of amides is 3. The van der Waals surface area contributed by atoms with Gasteiger partial charge in [-0.15, -0.1) is 0 Å². The molecular weight excluding hydrogens is 318 g/mol. The van der Waals surface area contributed by atoms with E-state index in [1.165, 1.54) is 19.3 Å². The first-order chi connectivity index (χ1) is 12.2. The Hall–Kier alpha value is -1.98. The highest BCUT2D eigenvalue weighted by Gasteiger charge is 2.41. The number of nitrogens with one attached hydrogen (secondary N) is 3. The molecule has 2 fully saturated rings. The van der Waals surface area contributed by atoms with Crippen LogP contribution in [-0.2, 0) is 11.3 Å². The lowest BCUT2D eigenvalue weighted by atomic mass is 9.81. The molecule has 138 valence electrons. The first-order valence-electron chi connectivity index (χ1n) is 9.57. The van der Waals surface area contributed by atoms with Crippen molar-refractivity contribution < 1.29 is 14.0 Å². The molecule has 0 saturated heterocycles. The highest BCUT2D eigenvalue weighted by molar-refractivity contribution is 5.91. The van der Waals surface area contributed by atoms with Crippen LogP contribution in [0.2, 0.25) is 0 Å². The van der Waals surface area contributed by atoms with Crippen LogP contribution >= 0.6 is 0 Å². The van der Waals surface area contributed by atoms with Crippen LogP contribution in [-0.4, -0.2) is 23.5 Å². The Bertz CT molecular complexity index is 558. The quantitative estimate of drug-likeness (QED) is 0.764. The Labute approximate surface area is 149 Å². The molecule has 3 rings (SSSR count). The van der Waals surface area contributed by atoms with Gasteiger partial charge in [0.15, 0.2) is 0 Å². The molecule has 0 bridgehead atoms. The van der Waals surface area contributed by atoms with Crippen LogP contribution in [0, 0.1) is 0 Å². The van der Waals surface area contributed by atoms with E-state index in [4.69, 9.17) is 4.42 Å². The predicted molar refractivity (Wildman–Crippen MR) is 94.9 cm³/mol. The van der Waals surface area contributed by atoms with E-state index in [-0.39, 0.29) is 18.0 Å². The summed E-state index contributed by atoms with van der Waals surface area (Å²) in [6, 6.07) is 3.66. The molecule has 0 aliphatic heterocycles. The van der Waals surface area contributed by atoms with Crippen LogP contribution in [0.3, 0.4) is 0 Å². The fourth-order valence-electron chi connectivity index (χ4n) is 4.00. The van der Waals surface area contributed by atoms with Gasteiger partial charge in [-0.1, -0.05) is 38.5 Å². The molecular formula is C19H29N3O3. The van der Waals surface area contributed by atoms with Crippen LogP contribution in [0.4, 0.5) is 4.79 Å². The SMILES string of the molecule is O=C(NC1CCCCC1)NC1(C(=O)NCc2ccco2)CCCCC1. The number of hydrogen-bond acceptors (Lipinski definition) is 3. The Morgan fingerprint density at radius 3 is 2.48 bits per heavy atom. The van der Waals surface area contributed by atoms with Crippen molar-refractivity contribution in [3.8, 4) is 0 Å². The Balaban J connectivity index is 1.58. The molecule has 0 atom stereocenters. The highest BCUT2D eigenvalue weighted by atomic mass is 16.3. The van der Waals surface area contributed by atoms with Crippen molar-refractivity contribution in [3.63, 3.8) is 0 Å². The summed E-state index contributed by atoms with van der Waals surface area (Å²) in [6.07, 6.45) is 11.6. The minimum atomic E-state index is -0.802. The van der Waals surface area contributed by atoms with Gasteiger partial charge in [0.1, 0.15) is 11.3 Å². The van der Waals surface area contributed by atoms with Crippen molar-refractivity contribution in [2.45, 2.75) is 82.3 Å². The van der Waals surface area contributed by atoms with Crippen LogP contribution < -0.4 is 16.0 Å². The van der Waals surface area contributed by atoms with E-state index < -0.39 is 5.54 Å². The normalized spacial score (nSPS) is 20.6. The standard InChI is InChI=1S/C19H29N3O3/c23-17(20-14-16-10-7-13-25-16)19(11-5-2-6-12-19)22-18(24)21-15-8-3-1-4-9-15/h7,10,13,15H,1-6,8-9,11-12,14H2,(H,20,23)(H2,21,22,24). The maximum absolute atomic E-state index is 12.8. The summed E-state index contributed by atoms with van der Waals surface area (Å²) in [5.74, 6) is 0.605. The molecule has 2 aliphatic rings. The molecule has 1 aromatic rings. The van der Waals surface area contributed by atoms with Crippen molar-refractivity contribution in [2.24, 2.45) is 0 Å². The van der Waals surface area contributed by atoms with E-state index >= 15 is 0 Å². The van der Waals surface area contributed by atoms with Gasteiger partial charge in [0.2, 0.25) is 5.91 Å². The molecule has 25 heavy (non-hydrogen) atoms. The molecule has 1 aromatic heterocycles. The second-order valence-electron chi connectivity index (χ2n) is 7.34. The zero-order valence-corrected chi connectivity index (χ0v) is 14.8. The van der Waals surface area contributed by atoms with Crippen LogP contribution in [0.15, 0.2) is 22.8 Å². The summed E-state index contributed by atoms with van der Waals surface area (Å²) in [7, 11) is 0. The molecule has 0 radical (unpaired) electrons. The van der Waals surface area contributed by atoms with Gasteiger partial charge in [0, 0.05) is 6.04 Å². The molecule has 1 heterocycles. The molecule has 6 heteroatoms. The first kappa shape index (κ1) is 17.8. The number of hydrogen-bond donors (Lipinski definition) is 3. The van der Waals surface area contributed by atoms with Gasteiger partial charge < -0.3 is 20.4 Å². The minimum absolute atomic E-state index is 0.109. The van der Waals surface area contributed by atoms with Crippen molar-refractivity contribution >= 4 is 11.9 Å². The smallest absolute Gasteiger partial charge is 0.315 e. The molecule has 2 aliphatic carbocycles. The monoisotopic (exact) mass is 347 g/mol. The second-order valence-corrected chi connectivity index (χ2v) is 7.34. The van der Waals surface area contributed by atoms with E-state index in [1.54, 1.807) is 12.3 Å². The van der Waals surface area contributed by atoms with Gasteiger partial charge in [-0.2, -0.15) is 0 Å². The topological polar surface area (TPSA) is 83.4 Å². The van der Waals surface area contributed by atoms with Crippen LogP contribution in [0.25, 0.3) is 0 Å². The van der Waals surface area contributed by atoms with Crippen molar-refractivity contribution in [2.75, 3.05) is 0 Å². The van der Waals surface area contributed by atoms with E-state index in [0.29, 0.717) is 25.1 Å². The van der Waals surface area contributed by atoms with Crippen molar-refractivity contribution in [3.05, 3.63) is 24.2 Å². The summed E-state index contributed by atoms with van der Waals surface area (Å²) >= 11 is 0. The fourth-order valence-corrected chi connectivity index (χ4v) is 4.00. The first-order valence-corrected chi connectivity index (χ1v) is 9.57. The summed E-state index contributed by atoms with van der Waals surface area (Å²) < 4.78 is 5.27. The molecule has 3 N–H and O–H groups in total. The zero-order valence-electron chi connectivity index (χ0n) is 14.8. The number of carbonyl (C=O) groups excluding carboxylic acids is 2. The van der Waals surface area contributed by atoms with Gasteiger partial charge in [-0.05, 0) is 37.8 Å². The predicted octanol–water partition coefficient (Wildman–Crippen LogP) is 3.23. The maximum atomic E-state index is 12.8.